The predicted molar refractivity (Wildman–Crippen MR) is 102 cm³/mol. The summed E-state index contributed by atoms with van der Waals surface area (Å²) < 4.78 is 0. The van der Waals surface area contributed by atoms with Gasteiger partial charge in [0.1, 0.15) is 0 Å². The number of aromatic nitrogens is 1. The number of nitrogens with zero attached hydrogens (tertiary/aromatic N) is 1. The molecule has 3 nitrogen and oxygen atoms in total. The average Bonchev–Trinajstić information content (AvgIpc) is 2.67. The molecule has 0 bridgehead atoms. The van der Waals surface area contributed by atoms with Crippen LogP contribution in [0.25, 0.3) is 0 Å². The smallest absolute Gasteiger partial charge is 0.167 e. The van der Waals surface area contributed by atoms with Crippen molar-refractivity contribution in [3.05, 3.63) is 102 Å². The minimum atomic E-state index is -0.00928. The van der Waals surface area contributed by atoms with E-state index in [-0.39, 0.29) is 6.04 Å². The maximum atomic E-state index is 5.49. The lowest BCUT2D eigenvalue weighted by Gasteiger charge is -2.22. The standard InChI is InChI=1S/C20H19N3S/c24-20(22-15-16-7-3-1-4-8-16)23-19(17-9-5-2-6-10-17)18-11-13-21-14-12-18/h1-14,19H,15H2,(H2,22,23,24)/t19-/m0/s1. The fraction of sp³-hybridized carbons (Fsp3) is 0.100. The molecule has 1 aromatic heterocycles. The van der Waals surface area contributed by atoms with Crippen LogP contribution in [-0.2, 0) is 6.54 Å². The van der Waals surface area contributed by atoms with Crippen molar-refractivity contribution >= 4 is 17.3 Å². The SMILES string of the molecule is S=C(NCc1ccccc1)N[C@@H](c1ccccc1)c1ccncc1. The molecular weight excluding hydrogens is 314 g/mol. The van der Waals surface area contributed by atoms with Gasteiger partial charge in [-0.1, -0.05) is 60.7 Å². The zero-order valence-corrected chi connectivity index (χ0v) is 14.0. The molecule has 0 radical (unpaired) electrons. The van der Waals surface area contributed by atoms with Crippen molar-refractivity contribution < 1.29 is 0 Å². The topological polar surface area (TPSA) is 37.0 Å². The van der Waals surface area contributed by atoms with E-state index in [4.69, 9.17) is 12.2 Å². The van der Waals surface area contributed by atoms with Gasteiger partial charge in [-0.3, -0.25) is 4.98 Å². The Labute approximate surface area is 147 Å². The number of nitrogens with one attached hydrogen (secondary N) is 2. The number of hydrogen-bond donors (Lipinski definition) is 2. The fourth-order valence-corrected chi connectivity index (χ4v) is 2.71. The van der Waals surface area contributed by atoms with Gasteiger partial charge in [0, 0.05) is 18.9 Å². The van der Waals surface area contributed by atoms with Crippen molar-refractivity contribution in [3.8, 4) is 0 Å². The van der Waals surface area contributed by atoms with E-state index >= 15 is 0 Å². The Hall–Kier alpha value is -2.72. The molecule has 0 unspecified atom stereocenters. The van der Waals surface area contributed by atoms with Crippen LogP contribution in [0.5, 0.6) is 0 Å². The van der Waals surface area contributed by atoms with Crippen LogP contribution in [0.2, 0.25) is 0 Å². The summed E-state index contributed by atoms with van der Waals surface area (Å²) in [7, 11) is 0. The molecule has 120 valence electrons. The Bertz CT molecular complexity index is 721. The van der Waals surface area contributed by atoms with Gasteiger partial charge in [-0.25, -0.2) is 0 Å². The fourth-order valence-electron chi connectivity index (χ4n) is 2.52. The van der Waals surface area contributed by atoms with Crippen LogP contribution in [-0.4, -0.2) is 10.1 Å². The molecular formula is C20H19N3S. The molecule has 4 heteroatoms. The van der Waals surface area contributed by atoms with E-state index in [1.165, 1.54) is 5.56 Å². The Balaban J connectivity index is 1.71. The quantitative estimate of drug-likeness (QED) is 0.696. The van der Waals surface area contributed by atoms with Gasteiger partial charge < -0.3 is 10.6 Å². The van der Waals surface area contributed by atoms with E-state index in [0.717, 1.165) is 11.1 Å². The lowest BCUT2D eigenvalue weighted by atomic mass is 10.00. The lowest BCUT2D eigenvalue weighted by Crippen LogP contribution is -2.37. The largest absolute Gasteiger partial charge is 0.359 e. The van der Waals surface area contributed by atoms with Gasteiger partial charge >= 0.3 is 0 Å². The summed E-state index contributed by atoms with van der Waals surface area (Å²) in [5, 5.41) is 7.32. The van der Waals surface area contributed by atoms with Crippen molar-refractivity contribution in [2.75, 3.05) is 0 Å². The molecule has 0 fully saturated rings. The predicted octanol–water partition coefficient (Wildman–Crippen LogP) is 3.84. The van der Waals surface area contributed by atoms with Gasteiger partial charge in [0.2, 0.25) is 0 Å². The molecule has 2 N–H and O–H groups in total. The van der Waals surface area contributed by atoms with Gasteiger partial charge in [-0.15, -0.1) is 0 Å². The highest BCUT2D eigenvalue weighted by Gasteiger charge is 2.14. The number of rotatable bonds is 5. The highest BCUT2D eigenvalue weighted by molar-refractivity contribution is 7.80. The maximum absolute atomic E-state index is 5.49. The van der Waals surface area contributed by atoms with Crippen LogP contribution >= 0.6 is 12.2 Å². The van der Waals surface area contributed by atoms with E-state index in [1.54, 1.807) is 12.4 Å². The van der Waals surface area contributed by atoms with E-state index in [1.807, 2.05) is 48.5 Å². The van der Waals surface area contributed by atoms with E-state index in [9.17, 15) is 0 Å². The summed E-state index contributed by atoms with van der Waals surface area (Å²) in [5.41, 5.74) is 3.48. The lowest BCUT2D eigenvalue weighted by molar-refractivity contribution is 0.734. The molecule has 1 atom stereocenters. The molecule has 0 aliphatic rings. The second-order valence-corrected chi connectivity index (χ2v) is 5.85. The minimum absolute atomic E-state index is 0.00928. The third-order valence-corrected chi connectivity index (χ3v) is 4.01. The van der Waals surface area contributed by atoms with Crippen LogP contribution in [0.4, 0.5) is 0 Å². The Morgan fingerprint density at radius 1 is 0.833 bits per heavy atom. The molecule has 1 heterocycles. The second-order valence-electron chi connectivity index (χ2n) is 5.44. The van der Waals surface area contributed by atoms with Crippen molar-refractivity contribution in [2.24, 2.45) is 0 Å². The summed E-state index contributed by atoms with van der Waals surface area (Å²) in [5.74, 6) is 0. The first kappa shape index (κ1) is 16.1. The molecule has 0 aliphatic carbocycles. The first-order valence-electron chi connectivity index (χ1n) is 7.86. The Kier molecular flexibility index (Phi) is 5.53. The van der Waals surface area contributed by atoms with Crippen LogP contribution in [0.3, 0.4) is 0 Å². The van der Waals surface area contributed by atoms with E-state index < -0.39 is 0 Å². The van der Waals surface area contributed by atoms with E-state index in [2.05, 4.69) is 39.9 Å². The Morgan fingerprint density at radius 3 is 2.08 bits per heavy atom. The van der Waals surface area contributed by atoms with Crippen molar-refractivity contribution in [1.82, 2.24) is 15.6 Å². The average molecular weight is 333 g/mol. The van der Waals surface area contributed by atoms with Gasteiger partial charge in [0.25, 0.3) is 0 Å². The highest BCUT2D eigenvalue weighted by atomic mass is 32.1. The highest BCUT2D eigenvalue weighted by Crippen LogP contribution is 2.21. The molecule has 0 saturated carbocycles. The minimum Gasteiger partial charge on any atom is -0.359 e. The zero-order valence-electron chi connectivity index (χ0n) is 13.2. The van der Waals surface area contributed by atoms with Crippen molar-refractivity contribution in [3.63, 3.8) is 0 Å². The summed E-state index contributed by atoms with van der Waals surface area (Å²) in [6.07, 6.45) is 3.60. The molecule has 3 aromatic rings. The first-order valence-corrected chi connectivity index (χ1v) is 8.27. The normalized spacial score (nSPS) is 11.5. The van der Waals surface area contributed by atoms with Gasteiger partial charge in [-0.2, -0.15) is 0 Å². The molecule has 3 rings (SSSR count). The van der Waals surface area contributed by atoms with Crippen LogP contribution in [0.15, 0.2) is 85.2 Å². The third kappa shape index (κ3) is 4.40. The second kappa shape index (κ2) is 8.22. The summed E-state index contributed by atoms with van der Waals surface area (Å²) in [6, 6.07) is 24.5. The van der Waals surface area contributed by atoms with Crippen LogP contribution < -0.4 is 10.6 Å². The molecule has 0 saturated heterocycles. The van der Waals surface area contributed by atoms with Gasteiger partial charge in [0.15, 0.2) is 5.11 Å². The van der Waals surface area contributed by atoms with E-state index in [0.29, 0.717) is 11.7 Å². The molecule has 2 aromatic carbocycles. The summed E-state index contributed by atoms with van der Waals surface area (Å²) in [4.78, 5) is 4.10. The number of pyridine rings is 1. The first-order chi connectivity index (χ1) is 11.8. The zero-order chi connectivity index (χ0) is 16.6. The van der Waals surface area contributed by atoms with Crippen molar-refractivity contribution in [1.29, 1.82) is 0 Å². The number of benzene rings is 2. The molecule has 0 aliphatic heterocycles. The number of thiocarbonyl (C=S) groups is 1. The van der Waals surface area contributed by atoms with Crippen LogP contribution in [0.1, 0.15) is 22.7 Å². The Morgan fingerprint density at radius 2 is 1.42 bits per heavy atom. The monoisotopic (exact) mass is 333 g/mol. The summed E-state index contributed by atoms with van der Waals surface area (Å²) in [6.45, 7) is 0.699. The molecule has 0 amide bonds. The molecule has 0 spiro atoms. The third-order valence-electron chi connectivity index (χ3n) is 3.74. The maximum Gasteiger partial charge on any atom is 0.167 e. The van der Waals surface area contributed by atoms with Crippen molar-refractivity contribution in [2.45, 2.75) is 12.6 Å². The van der Waals surface area contributed by atoms with Gasteiger partial charge in [0.05, 0.1) is 6.04 Å². The molecule has 24 heavy (non-hydrogen) atoms. The number of hydrogen-bond acceptors (Lipinski definition) is 2. The summed E-state index contributed by atoms with van der Waals surface area (Å²) >= 11 is 5.49. The van der Waals surface area contributed by atoms with Crippen LogP contribution in [0, 0.1) is 0 Å². The van der Waals surface area contributed by atoms with Gasteiger partial charge in [-0.05, 0) is 41.0 Å².